The maximum atomic E-state index is 13.1. The number of aromatic nitrogens is 2. The van der Waals surface area contributed by atoms with Gasteiger partial charge in [0, 0.05) is 75.9 Å². The van der Waals surface area contributed by atoms with Gasteiger partial charge in [0.05, 0.1) is 16.6 Å². The second kappa shape index (κ2) is 9.66. The van der Waals surface area contributed by atoms with Crippen molar-refractivity contribution in [2.24, 2.45) is 5.92 Å². The first-order valence-electron chi connectivity index (χ1n) is 10.7. The van der Waals surface area contributed by atoms with Crippen molar-refractivity contribution in [2.45, 2.75) is 32.7 Å². The molecular formula is C22H29N5O2S. The lowest BCUT2D eigenvalue weighted by molar-refractivity contribution is -0.144. The van der Waals surface area contributed by atoms with E-state index in [-0.39, 0.29) is 17.7 Å². The highest BCUT2D eigenvalue weighted by atomic mass is 32.1. The molecule has 2 saturated heterocycles. The Morgan fingerprint density at radius 3 is 2.73 bits per heavy atom. The SMILES string of the molecule is Cc1nc(CN2CCN(C(=O)[C@@H]3CCC(=O)N(CCc4ccccn4)C3)CC2)cs1. The fourth-order valence-corrected chi connectivity index (χ4v) is 4.83. The highest BCUT2D eigenvalue weighted by molar-refractivity contribution is 7.09. The summed E-state index contributed by atoms with van der Waals surface area (Å²) in [6.45, 7) is 7.28. The average Bonchev–Trinajstić information content (AvgIpc) is 3.18. The number of thiazole rings is 1. The molecule has 0 aromatic carbocycles. The van der Waals surface area contributed by atoms with Crippen molar-refractivity contribution in [3.63, 3.8) is 0 Å². The lowest BCUT2D eigenvalue weighted by atomic mass is 9.95. The van der Waals surface area contributed by atoms with Crippen LogP contribution in [0.4, 0.5) is 0 Å². The van der Waals surface area contributed by atoms with Crippen LogP contribution in [0.5, 0.6) is 0 Å². The number of piperazine rings is 1. The van der Waals surface area contributed by atoms with E-state index in [0.717, 1.165) is 55.5 Å². The summed E-state index contributed by atoms with van der Waals surface area (Å²) in [5, 5.41) is 3.21. The third kappa shape index (κ3) is 5.23. The van der Waals surface area contributed by atoms with Crippen LogP contribution < -0.4 is 0 Å². The van der Waals surface area contributed by atoms with Gasteiger partial charge in [-0.15, -0.1) is 11.3 Å². The van der Waals surface area contributed by atoms with E-state index in [1.165, 1.54) is 0 Å². The van der Waals surface area contributed by atoms with Gasteiger partial charge in [-0.2, -0.15) is 0 Å². The molecule has 30 heavy (non-hydrogen) atoms. The van der Waals surface area contributed by atoms with Crippen LogP contribution in [0.15, 0.2) is 29.8 Å². The molecule has 2 aliphatic heterocycles. The molecule has 0 aliphatic carbocycles. The summed E-state index contributed by atoms with van der Waals surface area (Å²) in [7, 11) is 0. The second-order valence-electron chi connectivity index (χ2n) is 8.11. The van der Waals surface area contributed by atoms with E-state index in [9.17, 15) is 9.59 Å². The fourth-order valence-electron chi connectivity index (χ4n) is 4.22. The summed E-state index contributed by atoms with van der Waals surface area (Å²) in [6, 6.07) is 5.83. The Kier molecular flexibility index (Phi) is 6.74. The smallest absolute Gasteiger partial charge is 0.227 e. The van der Waals surface area contributed by atoms with E-state index in [2.05, 4.69) is 20.2 Å². The van der Waals surface area contributed by atoms with Gasteiger partial charge in [0.25, 0.3) is 0 Å². The summed E-state index contributed by atoms with van der Waals surface area (Å²) < 4.78 is 0. The van der Waals surface area contributed by atoms with E-state index in [1.54, 1.807) is 17.5 Å². The predicted octanol–water partition coefficient (Wildman–Crippen LogP) is 1.97. The van der Waals surface area contributed by atoms with Gasteiger partial charge in [-0.05, 0) is 25.5 Å². The number of hydrogen-bond donors (Lipinski definition) is 0. The summed E-state index contributed by atoms with van der Waals surface area (Å²) in [5.41, 5.74) is 2.09. The molecule has 0 N–H and O–H groups in total. The number of aryl methyl sites for hydroxylation is 1. The van der Waals surface area contributed by atoms with Crippen LogP contribution in [0.1, 0.15) is 29.2 Å². The van der Waals surface area contributed by atoms with Crippen molar-refractivity contribution in [3.05, 3.63) is 46.2 Å². The maximum Gasteiger partial charge on any atom is 0.227 e. The summed E-state index contributed by atoms with van der Waals surface area (Å²) in [5.74, 6) is 0.270. The number of pyridine rings is 1. The van der Waals surface area contributed by atoms with E-state index >= 15 is 0 Å². The maximum absolute atomic E-state index is 13.1. The van der Waals surface area contributed by atoms with Crippen LogP contribution in [-0.4, -0.2) is 75.8 Å². The molecule has 4 heterocycles. The van der Waals surface area contributed by atoms with Crippen LogP contribution in [0.3, 0.4) is 0 Å². The monoisotopic (exact) mass is 427 g/mol. The normalized spacial score (nSPS) is 20.6. The van der Waals surface area contributed by atoms with Crippen LogP contribution in [0, 0.1) is 12.8 Å². The molecule has 2 aromatic rings. The van der Waals surface area contributed by atoms with Crippen molar-refractivity contribution in [1.29, 1.82) is 0 Å². The largest absolute Gasteiger partial charge is 0.342 e. The molecule has 0 spiro atoms. The van der Waals surface area contributed by atoms with Gasteiger partial charge in [-0.25, -0.2) is 4.98 Å². The van der Waals surface area contributed by atoms with Crippen LogP contribution in [0.25, 0.3) is 0 Å². The molecule has 2 amide bonds. The van der Waals surface area contributed by atoms with Gasteiger partial charge < -0.3 is 9.80 Å². The predicted molar refractivity (Wildman–Crippen MR) is 116 cm³/mol. The average molecular weight is 428 g/mol. The topological polar surface area (TPSA) is 69.6 Å². The first-order chi connectivity index (χ1) is 14.6. The lowest BCUT2D eigenvalue weighted by Gasteiger charge is -2.38. The van der Waals surface area contributed by atoms with Crippen molar-refractivity contribution in [3.8, 4) is 0 Å². The molecule has 1 atom stereocenters. The molecule has 0 bridgehead atoms. The van der Waals surface area contributed by atoms with Crippen molar-refractivity contribution in [2.75, 3.05) is 39.3 Å². The number of carbonyl (C=O) groups is 2. The molecule has 7 nitrogen and oxygen atoms in total. The minimum atomic E-state index is -0.0841. The van der Waals surface area contributed by atoms with Gasteiger partial charge in [-0.3, -0.25) is 19.5 Å². The minimum absolute atomic E-state index is 0.0841. The van der Waals surface area contributed by atoms with Crippen LogP contribution >= 0.6 is 11.3 Å². The standard InChI is InChI=1S/C22H29N5O2S/c1-17-24-20(16-30-17)15-25-10-12-26(13-11-25)22(29)18-5-6-21(28)27(14-18)9-7-19-4-2-3-8-23-19/h2-4,8,16,18H,5-7,9-15H2,1H3/t18-/m1/s1. The fraction of sp³-hybridized carbons (Fsp3) is 0.545. The molecule has 2 aliphatic rings. The molecular weight excluding hydrogens is 398 g/mol. The number of nitrogens with zero attached hydrogens (tertiary/aromatic N) is 5. The highest BCUT2D eigenvalue weighted by Crippen LogP contribution is 2.21. The molecule has 0 saturated carbocycles. The zero-order valence-corrected chi connectivity index (χ0v) is 18.3. The quantitative estimate of drug-likeness (QED) is 0.705. The van der Waals surface area contributed by atoms with Crippen molar-refractivity contribution in [1.82, 2.24) is 24.7 Å². The van der Waals surface area contributed by atoms with Gasteiger partial charge in [0.15, 0.2) is 0 Å². The summed E-state index contributed by atoms with van der Waals surface area (Å²) >= 11 is 1.68. The summed E-state index contributed by atoms with van der Waals surface area (Å²) in [6.07, 6.45) is 3.62. The Bertz CT molecular complexity index is 863. The number of piperidine rings is 1. The van der Waals surface area contributed by atoms with Gasteiger partial charge in [0.1, 0.15) is 0 Å². The molecule has 0 radical (unpaired) electrons. The first kappa shape index (κ1) is 20.9. The molecule has 2 fully saturated rings. The Hall–Kier alpha value is -2.32. The molecule has 4 rings (SSSR count). The molecule has 0 unspecified atom stereocenters. The minimum Gasteiger partial charge on any atom is -0.342 e. The third-order valence-corrected chi connectivity index (χ3v) is 6.77. The second-order valence-corrected chi connectivity index (χ2v) is 9.17. The summed E-state index contributed by atoms with van der Waals surface area (Å²) in [4.78, 5) is 40.5. The van der Waals surface area contributed by atoms with Gasteiger partial charge in [-0.1, -0.05) is 6.07 Å². The Morgan fingerprint density at radius 1 is 1.20 bits per heavy atom. The number of likely N-dealkylation sites (tertiary alicyclic amines) is 1. The number of carbonyl (C=O) groups excluding carboxylic acids is 2. The molecule has 160 valence electrons. The van der Waals surface area contributed by atoms with Gasteiger partial charge in [0.2, 0.25) is 11.8 Å². The van der Waals surface area contributed by atoms with Gasteiger partial charge >= 0.3 is 0 Å². The van der Waals surface area contributed by atoms with Crippen molar-refractivity contribution < 1.29 is 9.59 Å². The lowest BCUT2D eigenvalue weighted by Crippen LogP contribution is -2.53. The molecule has 8 heteroatoms. The first-order valence-corrected chi connectivity index (χ1v) is 11.6. The number of rotatable bonds is 6. The zero-order valence-electron chi connectivity index (χ0n) is 17.5. The van der Waals surface area contributed by atoms with E-state index in [0.29, 0.717) is 25.9 Å². The number of hydrogen-bond acceptors (Lipinski definition) is 6. The van der Waals surface area contributed by atoms with E-state index < -0.39 is 0 Å². The van der Waals surface area contributed by atoms with Crippen LogP contribution in [-0.2, 0) is 22.6 Å². The van der Waals surface area contributed by atoms with E-state index in [1.807, 2.05) is 34.9 Å². The Labute approximate surface area is 181 Å². The van der Waals surface area contributed by atoms with Crippen molar-refractivity contribution >= 4 is 23.2 Å². The third-order valence-electron chi connectivity index (χ3n) is 5.95. The zero-order chi connectivity index (χ0) is 20.9. The van der Waals surface area contributed by atoms with E-state index in [4.69, 9.17) is 0 Å². The number of amides is 2. The van der Waals surface area contributed by atoms with Crippen LogP contribution in [0.2, 0.25) is 0 Å². The Morgan fingerprint density at radius 2 is 2.03 bits per heavy atom. The highest BCUT2D eigenvalue weighted by Gasteiger charge is 2.33. The Balaban J connectivity index is 1.26. The molecule has 2 aromatic heterocycles.